The molecule has 0 saturated carbocycles. The maximum atomic E-state index is 9.40. The predicted octanol–water partition coefficient (Wildman–Crippen LogP) is 6.41. The molecule has 0 aliphatic carbocycles. The highest BCUT2D eigenvalue weighted by Crippen LogP contribution is 2.14. The lowest BCUT2D eigenvalue weighted by atomic mass is 10.0. The van der Waals surface area contributed by atoms with Crippen LogP contribution in [0, 0.1) is 0 Å². The van der Waals surface area contributed by atoms with E-state index in [2.05, 4.69) is 25.1 Å². The van der Waals surface area contributed by atoms with Crippen molar-refractivity contribution in [1.82, 2.24) is 0 Å². The fourth-order valence-electron chi connectivity index (χ4n) is 2.58. The van der Waals surface area contributed by atoms with Crippen molar-refractivity contribution < 1.29 is 5.11 Å². The Kier molecular flexibility index (Phi) is 10.6. The van der Waals surface area contributed by atoms with Gasteiger partial charge in [0.15, 0.2) is 0 Å². The van der Waals surface area contributed by atoms with Crippen molar-refractivity contribution in [3.63, 3.8) is 0 Å². The molecule has 0 atom stereocenters. The first-order valence-electron chi connectivity index (χ1n) is 8.76. The molecule has 0 bridgehead atoms. The Labute approximate surface area is 131 Å². The number of unbranched alkanes of at least 4 members (excludes halogenated alkanes) is 8. The molecule has 0 heterocycles. The quantitative estimate of drug-likeness (QED) is 0.348. The summed E-state index contributed by atoms with van der Waals surface area (Å²) in [5, 5.41) is 9.40. The Balaban J connectivity index is 1.89. The second-order valence-corrected chi connectivity index (χ2v) is 5.94. The number of allylic oxidation sites excluding steroid dienone is 2. The molecule has 1 aromatic rings. The number of hydrogen-bond acceptors (Lipinski definition) is 1. The van der Waals surface area contributed by atoms with Gasteiger partial charge in [0.2, 0.25) is 0 Å². The van der Waals surface area contributed by atoms with E-state index < -0.39 is 0 Å². The molecule has 1 aromatic carbocycles. The van der Waals surface area contributed by atoms with E-state index in [1.807, 2.05) is 12.1 Å². The highest BCUT2D eigenvalue weighted by atomic mass is 16.3. The van der Waals surface area contributed by atoms with Crippen molar-refractivity contribution in [1.29, 1.82) is 0 Å². The minimum Gasteiger partial charge on any atom is -0.508 e. The van der Waals surface area contributed by atoms with Gasteiger partial charge in [-0.25, -0.2) is 0 Å². The number of aryl methyl sites for hydroxylation is 1. The maximum Gasteiger partial charge on any atom is 0.115 e. The minimum atomic E-state index is 0.386. The summed E-state index contributed by atoms with van der Waals surface area (Å²) >= 11 is 0. The van der Waals surface area contributed by atoms with Crippen LogP contribution in [0.2, 0.25) is 0 Å². The zero-order chi connectivity index (χ0) is 15.2. The van der Waals surface area contributed by atoms with Gasteiger partial charge in [0.05, 0.1) is 0 Å². The van der Waals surface area contributed by atoms with Crippen LogP contribution in [0.25, 0.3) is 0 Å². The molecule has 1 heteroatoms. The maximum absolute atomic E-state index is 9.40. The molecule has 0 radical (unpaired) electrons. The molecule has 21 heavy (non-hydrogen) atoms. The third kappa shape index (κ3) is 10.2. The second kappa shape index (κ2) is 12.5. The Morgan fingerprint density at radius 1 is 0.857 bits per heavy atom. The van der Waals surface area contributed by atoms with Crippen LogP contribution in [-0.2, 0) is 6.42 Å². The van der Waals surface area contributed by atoms with E-state index in [9.17, 15) is 5.11 Å². The van der Waals surface area contributed by atoms with Crippen molar-refractivity contribution in [2.24, 2.45) is 0 Å². The van der Waals surface area contributed by atoms with Crippen LogP contribution in [0.4, 0.5) is 0 Å². The van der Waals surface area contributed by atoms with E-state index in [4.69, 9.17) is 0 Å². The first-order chi connectivity index (χ1) is 10.3. The van der Waals surface area contributed by atoms with E-state index >= 15 is 0 Å². The van der Waals surface area contributed by atoms with E-state index in [0.29, 0.717) is 5.75 Å². The zero-order valence-corrected chi connectivity index (χ0v) is 13.7. The van der Waals surface area contributed by atoms with Crippen molar-refractivity contribution >= 4 is 0 Å². The summed E-state index contributed by atoms with van der Waals surface area (Å²) in [7, 11) is 0. The number of rotatable bonds is 12. The average Bonchev–Trinajstić information content (AvgIpc) is 2.48. The topological polar surface area (TPSA) is 20.2 Å². The third-order valence-corrected chi connectivity index (χ3v) is 3.89. The van der Waals surface area contributed by atoms with Gasteiger partial charge in [0.25, 0.3) is 0 Å². The molecule has 0 aliphatic heterocycles. The highest BCUT2D eigenvalue weighted by Gasteiger charge is 1.95. The lowest BCUT2D eigenvalue weighted by molar-refractivity contribution is 0.474. The minimum absolute atomic E-state index is 0.386. The summed E-state index contributed by atoms with van der Waals surface area (Å²) in [4.78, 5) is 0. The summed E-state index contributed by atoms with van der Waals surface area (Å²) in [6.45, 7) is 2.26. The molecular weight excluding hydrogens is 256 g/mol. The van der Waals surface area contributed by atoms with E-state index in [1.54, 1.807) is 6.07 Å². The number of benzene rings is 1. The van der Waals surface area contributed by atoms with Crippen LogP contribution in [-0.4, -0.2) is 5.11 Å². The number of hydrogen-bond donors (Lipinski definition) is 1. The zero-order valence-electron chi connectivity index (χ0n) is 13.7. The third-order valence-electron chi connectivity index (χ3n) is 3.89. The van der Waals surface area contributed by atoms with Crippen molar-refractivity contribution in [2.45, 2.75) is 77.6 Å². The van der Waals surface area contributed by atoms with Crippen LogP contribution in [0.1, 0.15) is 76.7 Å². The average molecular weight is 288 g/mol. The Hall–Kier alpha value is -1.24. The van der Waals surface area contributed by atoms with Crippen LogP contribution in [0.15, 0.2) is 36.4 Å². The molecule has 1 nitrogen and oxygen atoms in total. The summed E-state index contributed by atoms with van der Waals surface area (Å²) < 4.78 is 0. The summed E-state index contributed by atoms with van der Waals surface area (Å²) in [6, 6.07) is 7.64. The molecule has 118 valence electrons. The molecule has 1 N–H and O–H groups in total. The van der Waals surface area contributed by atoms with Gasteiger partial charge in [-0.1, -0.05) is 63.3 Å². The van der Waals surface area contributed by atoms with Crippen LogP contribution in [0.5, 0.6) is 5.75 Å². The van der Waals surface area contributed by atoms with Gasteiger partial charge in [0, 0.05) is 0 Å². The number of phenolic OH excluding ortho intramolecular Hbond substituents is 1. The first-order valence-corrected chi connectivity index (χ1v) is 8.76. The van der Waals surface area contributed by atoms with Crippen molar-refractivity contribution in [2.75, 3.05) is 0 Å². The predicted molar refractivity (Wildman–Crippen MR) is 92.8 cm³/mol. The van der Waals surface area contributed by atoms with E-state index in [1.165, 1.54) is 69.8 Å². The van der Waals surface area contributed by atoms with Gasteiger partial charge in [0.1, 0.15) is 5.75 Å². The van der Waals surface area contributed by atoms with E-state index in [0.717, 1.165) is 6.42 Å². The second-order valence-electron chi connectivity index (χ2n) is 5.94. The Morgan fingerprint density at radius 3 is 2.19 bits per heavy atom. The smallest absolute Gasteiger partial charge is 0.115 e. The molecule has 0 unspecified atom stereocenters. The number of aromatic hydroxyl groups is 1. The van der Waals surface area contributed by atoms with Gasteiger partial charge in [-0.3, -0.25) is 0 Å². The summed E-state index contributed by atoms with van der Waals surface area (Å²) in [5.74, 6) is 0.386. The molecule has 0 fully saturated rings. The monoisotopic (exact) mass is 288 g/mol. The molecule has 0 aromatic heterocycles. The Bertz CT molecular complexity index is 381. The lowest BCUT2D eigenvalue weighted by Crippen LogP contribution is -1.85. The van der Waals surface area contributed by atoms with Gasteiger partial charge < -0.3 is 5.11 Å². The molecule has 0 amide bonds. The molecular formula is C20H32O. The Morgan fingerprint density at radius 2 is 1.52 bits per heavy atom. The standard InChI is InChI=1S/C20H32O/c1-2-3-4-5-6-7-8-9-10-11-12-13-15-19-16-14-17-20(21)18-19/h7-8,14,16-18,21H,2-6,9-13,15H2,1H3/b8-7-. The van der Waals surface area contributed by atoms with Gasteiger partial charge in [-0.05, 0) is 56.2 Å². The fourth-order valence-corrected chi connectivity index (χ4v) is 2.58. The van der Waals surface area contributed by atoms with Crippen molar-refractivity contribution in [3.8, 4) is 5.75 Å². The molecule has 1 rings (SSSR count). The van der Waals surface area contributed by atoms with Gasteiger partial charge >= 0.3 is 0 Å². The summed E-state index contributed by atoms with van der Waals surface area (Å²) in [6.07, 6.45) is 18.9. The van der Waals surface area contributed by atoms with E-state index in [-0.39, 0.29) is 0 Å². The normalized spacial score (nSPS) is 11.3. The van der Waals surface area contributed by atoms with Gasteiger partial charge in [-0.2, -0.15) is 0 Å². The molecule has 0 spiro atoms. The fraction of sp³-hybridized carbons (Fsp3) is 0.600. The van der Waals surface area contributed by atoms with Crippen LogP contribution < -0.4 is 0 Å². The van der Waals surface area contributed by atoms with Crippen LogP contribution in [0.3, 0.4) is 0 Å². The summed E-state index contributed by atoms with van der Waals surface area (Å²) in [5.41, 5.74) is 1.25. The van der Waals surface area contributed by atoms with Gasteiger partial charge in [-0.15, -0.1) is 0 Å². The van der Waals surface area contributed by atoms with Crippen molar-refractivity contribution in [3.05, 3.63) is 42.0 Å². The highest BCUT2D eigenvalue weighted by molar-refractivity contribution is 5.27. The molecule has 0 saturated heterocycles. The number of phenols is 1. The first kappa shape index (κ1) is 17.8. The lowest BCUT2D eigenvalue weighted by Gasteiger charge is -2.02. The molecule has 0 aliphatic rings. The largest absolute Gasteiger partial charge is 0.508 e. The van der Waals surface area contributed by atoms with Crippen LogP contribution >= 0.6 is 0 Å². The SMILES string of the molecule is CCCCCC/C=C\CCCCCCc1cccc(O)c1.